The summed E-state index contributed by atoms with van der Waals surface area (Å²) in [5, 5.41) is 3.32. The van der Waals surface area contributed by atoms with Crippen LogP contribution < -0.4 is 23.5 Å². The maximum Gasteiger partial charge on any atom is 0.310 e. The highest BCUT2D eigenvalue weighted by Gasteiger charge is 2.42. The molecule has 1 aromatic carbocycles. The van der Waals surface area contributed by atoms with Gasteiger partial charge in [0.1, 0.15) is 12.6 Å². The number of primary amides is 1. The van der Waals surface area contributed by atoms with Gasteiger partial charge in [-0.05, 0) is 42.5 Å². The monoisotopic (exact) mass is 588 g/mol. The number of Topliss-reactive ketones (excluding diaryl/α,β-unsaturated/α-hetero) is 1. The Morgan fingerprint density at radius 2 is 1.88 bits per heavy atom. The molecule has 0 saturated heterocycles. The van der Waals surface area contributed by atoms with E-state index in [-0.39, 0.29) is 42.2 Å². The Morgan fingerprint density at radius 3 is 2.49 bits per heavy atom. The number of nitrogens with two attached hydrogens (primary N) is 1. The van der Waals surface area contributed by atoms with E-state index >= 15 is 0 Å². The van der Waals surface area contributed by atoms with E-state index in [2.05, 4.69) is 19.2 Å². The minimum absolute atomic E-state index is 0. The molecule has 2 aliphatic carbocycles. The number of hydrogen-bond donors (Lipinski definition) is 2. The second-order valence-electron chi connectivity index (χ2n) is 13.0. The summed E-state index contributed by atoms with van der Waals surface area (Å²) in [6, 6.07) is 5.16. The molecule has 3 unspecified atom stereocenters. The predicted octanol–water partition coefficient (Wildman–Crippen LogP) is 0.168. The third-order valence-electron chi connectivity index (χ3n) is 7.24. The molecule has 1 aromatic heterocycles. The highest BCUT2D eigenvalue weighted by atomic mass is 35.5. The fraction of sp³-hybridized carbons (Fsp3) is 0.533. The maximum absolute atomic E-state index is 12.9. The molecule has 2 aromatic rings. The molecule has 224 valence electrons. The third kappa shape index (κ3) is 7.89. The number of quaternary nitrogens is 1. The van der Waals surface area contributed by atoms with Gasteiger partial charge in [-0.25, -0.2) is 0 Å². The number of rotatable bonds is 10. The average Bonchev–Trinajstić information content (AvgIpc) is 3.40. The second kappa shape index (κ2) is 11.9. The SMILES string of the molecule is CC(=O)OC(CC(=O)OC1CC1Nc1cc(-n2cc(C)c3c2CC(C)(C)CC3=O)ccc1C(N)=O)C[N+](C)(C)C.[Cl-]. The number of nitrogens with one attached hydrogen (secondary N) is 1. The number of hydrogen-bond acceptors (Lipinski definition) is 7. The molecule has 11 heteroatoms. The Bertz CT molecular complexity index is 1360. The van der Waals surface area contributed by atoms with Gasteiger partial charge in [-0.2, -0.15) is 0 Å². The normalized spacial score (nSPS) is 19.8. The van der Waals surface area contributed by atoms with E-state index < -0.39 is 23.9 Å². The van der Waals surface area contributed by atoms with Crippen LogP contribution in [-0.4, -0.2) is 78.6 Å². The molecule has 0 aliphatic heterocycles. The smallest absolute Gasteiger partial charge is 0.310 e. The number of ketones is 1. The van der Waals surface area contributed by atoms with Gasteiger partial charge in [-0.1, -0.05) is 13.8 Å². The number of ether oxygens (including phenoxy) is 2. The third-order valence-corrected chi connectivity index (χ3v) is 7.24. The van der Waals surface area contributed by atoms with Crippen LogP contribution in [0.5, 0.6) is 0 Å². The number of carbonyl (C=O) groups excluding carboxylic acids is 4. The highest BCUT2D eigenvalue weighted by Crippen LogP contribution is 2.39. The summed E-state index contributed by atoms with van der Waals surface area (Å²) in [5.74, 6) is -1.31. The summed E-state index contributed by atoms with van der Waals surface area (Å²) in [6.07, 6.45) is 2.81. The molecule has 1 fully saturated rings. The van der Waals surface area contributed by atoms with Gasteiger partial charge < -0.3 is 42.0 Å². The van der Waals surface area contributed by atoms with Crippen molar-refractivity contribution >= 4 is 29.3 Å². The van der Waals surface area contributed by atoms with E-state index in [0.29, 0.717) is 35.1 Å². The molecule has 1 heterocycles. The van der Waals surface area contributed by atoms with Gasteiger partial charge in [0.2, 0.25) is 0 Å². The molecule has 4 rings (SSSR count). The molecule has 0 radical (unpaired) electrons. The Morgan fingerprint density at radius 1 is 1.20 bits per heavy atom. The highest BCUT2D eigenvalue weighted by molar-refractivity contribution is 6.01. The van der Waals surface area contributed by atoms with Crippen LogP contribution in [0.1, 0.15) is 72.0 Å². The van der Waals surface area contributed by atoms with Crippen LogP contribution >= 0.6 is 0 Å². The molecule has 3 N–H and O–H groups in total. The largest absolute Gasteiger partial charge is 1.00 e. The molecular weight excluding hydrogens is 548 g/mol. The predicted molar refractivity (Wildman–Crippen MR) is 150 cm³/mol. The van der Waals surface area contributed by atoms with Crippen molar-refractivity contribution in [3.05, 3.63) is 46.8 Å². The number of anilines is 1. The summed E-state index contributed by atoms with van der Waals surface area (Å²) in [5.41, 5.74) is 9.86. The Hall–Kier alpha value is -3.37. The second-order valence-corrected chi connectivity index (χ2v) is 13.0. The molecule has 1 saturated carbocycles. The zero-order valence-electron chi connectivity index (χ0n) is 24.9. The number of halogens is 1. The molecule has 0 bridgehead atoms. The number of carbonyl (C=O) groups is 4. The number of aryl methyl sites for hydroxylation is 1. The maximum atomic E-state index is 12.9. The van der Waals surface area contributed by atoms with Crippen molar-refractivity contribution in [3.63, 3.8) is 0 Å². The topological polar surface area (TPSA) is 130 Å². The minimum Gasteiger partial charge on any atom is -1.00 e. The summed E-state index contributed by atoms with van der Waals surface area (Å²) >= 11 is 0. The van der Waals surface area contributed by atoms with Crippen LogP contribution in [-0.2, 0) is 25.5 Å². The first kappa shape index (κ1) is 32.1. The molecule has 41 heavy (non-hydrogen) atoms. The molecular formula is C30H41ClN4O6. The fourth-order valence-electron chi connectivity index (χ4n) is 5.57. The minimum atomic E-state index is -0.582. The van der Waals surface area contributed by atoms with Gasteiger partial charge in [0.15, 0.2) is 11.9 Å². The van der Waals surface area contributed by atoms with Crippen molar-refractivity contribution in [3.8, 4) is 5.69 Å². The van der Waals surface area contributed by atoms with Crippen LogP contribution in [0.4, 0.5) is 5.69 Å². The molecule has 3 atom stereocenters. The number of fused-ring (bicyclic) bond motifs is 1. The van der Waals surface area contributed by atoms with E-state index in [0.717, 1.165) is 28.9 Å². The molecule has 2 aliphatic rings. The lowest BCUT2D eigenvalue weighted by Gasteiger charge is -2.30. The van der Waals surface area contributed by atoms with Gasteiger partial charge >= 0.3 is 11.9 Å². The van der Waals surface area contributed by atoms with Gasteiger partial charge in [-0.3, -0.25) is 19.2 Å². The number of esters is 2. The molecule has 10 nitrogen and oxygen atoms in total. The lowest BCUT2D eigenvalue weighted by atomic mass is 9.75. The summed E-state index contributed by atoms with van der Waals surface area (Å²) in [6.45, 7) is 7.92. The first-order chi connectivity index (χ1) is 18.5. The van der Waals surface area contributed by atoms with E-state index in [9.17, 15) is 19.2 Å². The van der Waals surface area contributed by atoms with Crippen molar-refractivity contribution in [1.29, 1.82) is 0 Å². The van der Waals surface area contributed by atoms with E-state index in [1.807, 2.05) is 51.0 Å². The number of benzene rings is 1. The van der Waals surface area contributed by atoms with Crippen molar-refractivity contribution in [1.82, 2.24) is 4.57 Å². The van der Waals surface area contributed by atoms with Gasteiger partial charge in [0.25, 0.3) is 5.91 Å². The first-order valence-electron chi connectivity index (χ1n) is 13.6. The lowest BCUT2D eigenvalue weighted by Crippen LogP contribution is -3.00. The van der Waals surface area contributed by atoms with Crippen molar-refractivity contribution in [2.45, 2.75) is 71.6 Å². The number of amides is 1. The van der Waals surface area contributed by atoms with Gasteiger partial charge in [-0.15, -0.1) is 0 Å². The van der Waals surface area contributed by atoms with Crippen LogP contribution in [0, 0.1) is 12.3 Å². The molecule has 1 amide bonds. The Kier molecular flexibility index (Phi) is 9.30. The van der Waals surface area contributed by atoms with Crippen LogP contribution in [0.3, 0.4) is 0 Å². The van der Waals surface area contributed by atoms with Gasteiger partial charge in [0, 0.05) is 48.6 Å². The fourth-order valence-corrected chi connectivity index (χ4v) is 5.57. The Balaban J connectivity index is 0.00000462. The summed E-state index contributed by atoms with van der Waals surface area (Å²) < 4.78 is 13.5. The molecule has 0 spiro atoms. The van der Waals surface area contributed by atoms with Crippen molar-refractivity contribution in [2.24, 2.45) is 11.1 Å². The lowest BCUT2D eigenvalue weighted by molar-refractivity contribution is -0.873. The standard InChI is InChI=1S/C30H40N4O6.ClH/c1-17-15-33(24-13-30(3,4)14-25(36)28(17)24)19-8-9-21(29(31)38)22(10-19)32-23-12-26(23)40-27(37)11-20(39-18(2)35)16-34(5,6)7;/h8-10,15,20,23,26H,11-14,16H2,1-7H3,(H2-,31,32,38);1H. The van der Waals surface area contributed by atoms with Crippen LogP contribution in [0.2, 0.25) is 0 Å². The Labute approximate surface area is 247 Å². The summed E-state index contributed by atoms with van der Waals surface area (Å²) in [4.78, 5) is 49.3. The van der Waals surface area contributed by atoms with Crippen LogP contribution in [0.25, 0.3) is 5.69 Å². The van der Waals surface area contributed by atoms with E-state index in [1.165, 1.54) is 6.92 Å². The zero-order chi connectivity index (χ0) is 29.6. The van der Waals surface area contributed by atoms with E-state index in [4.69, 9.17) is 15.2 Å². The first-order valence-corrected chi connectivity index (χ1v) is 13.6. The summed E-state index contributed by atoms with van der Waals surface area (Å²) in [7, 11) is 5.87. The van der Waals surface area contributed by atoms with Crippen molar-refractivity contribution < 1.29 is 45.5 Å². The average molecular weight is 589 g/mol. The number of nitrogens with zero attached hydrogens (tertiary/aromatic N) is 2. The number of aromatic nitrogens is 1. The van der Waals surface area contributed by atoms with Gasteiger partial charge in [0.05, 0.1) is 39.2 Å². The van der Waals surface area contributed by atoms with Crippen LogP contribution in [0.15, 0.2) is 24.4 Å². The zero-order valence-corrected chi connectivity index (χ0v) is 25.6. The van der Waals surface area contributed by atoms with Crippen molar-refractivity contribution in [2.75, 3.05) is 33.0 Å². The van der Waals surface area contributed by atoms with E-state index in [1.54, 1.807) is 6.07 Å². The number of likely N-dealkylation sites (N-methyl/N-ethyl adjacent to an activating group) is 1. The quantitative estimate of drug-likeness (QED) is 0.299.